The zero-order valence-corrected chi connectivity index (χ0v) is 14.0. The minimum Gasteiger partial charge on any atom is -0.355 e. The van der Waals surface area contributed by atoms with Gasteiger partial charge < -0.3 is 4.52 Å². The van der Waals surface area contributed by atoms with Crippen molar-refractivity contribution in [2.75, 3.05) is 10.8 Å². The molecular weight excluding hydrogens is 332 g/mol. The van der Waals surface area contributed by atoms with Crippen molar-refractivity contribution in [2.24, 2.45) is 0 Å². The lowest BCUT2D eigenvalue weighted by molar-refractivity contribution is 0.433. The van der Waals surface area contributed by atoms with Gasteiger partial charge in [-0.25, -0.2) is 8.42 Å². The van der Waals surface area contributed by atoms with Crippen LogP contribution in [0.2, 0.25) is 0 Å². The molecular formula is C16H14N2O3S2. The largest absolute Gasteiger partial charge is 0.355 e. The van der Waals surface area contributed by atoms with E-state index in [0.717, 1.165) is 27.4 Å². The molecule has 1 aromatic carbocycles. The molecule has 1 aliphatic rings. The fraction of sp³-hybridized carbons (Fsp3) is 0.188. The van der Waals surface area contributed by atoms with Crippen molar-refractivity contribution in [3.05, 3.63) is 53.0 Å². The SMILES string of the molecule is Cc1sc(-c2ccno2)cc1S(=O)(=O)N1CCc2ccccc21. The minimum atomic E-state index is -3.57. The first kappa shape index (κ1) is 14.5. The molecule has 0 unspecified atom stereocenters. The molecule has 4 rings (SSSR count). The number of nitrogens with zero attached hydrogens (tertiary/aromatic N) is 2. The summed E-state index contributed by atoms with van der Waals surface area (Å²) in [6, 6.07) is 11.0. The van der Waals surface area contributed by atoms with Crippen LogP contribution in [0.4, 0.5) is 5.69 Å². The van der Waals surface area contributed by atoms with E-state index in [1.807, 2.05) is 31.2 Å². The third-order valence-electron chi connectivity index (χ3n) is 3.97. The van der Waals surface area contributed by atoms with Crippen LogP contribution < -0.4 is 4.31 Å². The van der Waals surface area contributed by atoms with Crippen molar-refractivity contribution in [3.63, 3.8) is 0 Å². The summed E-state index contributed by atoms with van der Waals surface area (Å²) in [5, 5.41) is 3.68. The molecule has 3 aromatic rings. The summed E-state index contributed by atoms with van der Waals surface area (Å²) in [6.45, 7) is 2.30. The number of sulfonamides is 1. The summed E-state index contributed by atoms with van der Waals surface area (Å²) >= 11 is 1.40. The number of para-hydroxylation sites is 1. The molecule has 118 valence electrons. The van der Waals surface area contributed by atoms with Crippen molar-refractivity contribution in [2.45, 2.75) is 18.2 Å². The number of benzene rings is 1. The van der Waals surface area contributed by atoms with Crippen LogP contribution in [0.1, 0.15) is 10.4 Å². The van der Waals surface area contributed by atoms with E-state index in [1.54, 1.807) is 18.3 Å². The summed E-state index contributed by atoms with van der Waals surface area (Å²) in [5.41, 5.74) is 1.85. The quantitative estimate of drug-likeness (QED) is 0.728. The zero-order chi connectivity index (χ0) is 16.0. The summed E-state index contributed by atoms with van der Waals surface area (Å²) in [6.07, 6.45) is 2.29. The molecule has 0 saturated carbocycles. The molecule has 0 amide bonds. The molecule has 23 heavy (non-hydrogen) atoms. The van der Waals surface area contributed by atoms with Crippen LogP contribution in [0.15, 0.2) is 52.0 Å². The maximum absolute atomic E-state index is 13.1. The van der Waals surface area contributed by atoms with Gasteiger partial charge in [-0.05, 0) is 31.0 Å². The predicted octanol–water partition coefficient (Wildman–Crippen LogP) is 3.46. The first-order valence-electron chi connectivity index (χ1n) is 7.19. The maximum atomic E-state index is 13.1. The van der Waals surface area contributed by atoms with Gasteiger partial charge in [-0.1, -0.05) is 23.4 Å². The van der Waals surface area contributed by atoms with Crippen LogP contribution in [0.25, 0.3) is 10.6 Å². The lowest BCUT2D eigenvalue weighted by Gasteiger charge is -2.19. The maximum Gasteiger partial charge on any atom is 0.265 e. The van der Waals surface area contributed by atoms with Gasteiger partial charge in [0.05, 0.1) is 16.8 Å². The van der Waals surface area contributed by atoms with Crippen LogP contribution in [-0.2, 0) is 16.4 Å². The summed E-state index contributed by atoms with van der Waals surface area (Å²) in [5.74, 6) is 0.585. The summed E-state index contributed by atoms with van der Waals surface area (Å²) in [7, 11) is -3.57. The summed E-state index contributed by atoms with van der Waals surface area (Å²) < 4.78 is 32.8. The second kappa shape index (κ2) is 5.21. The van der Waals surface area contributed by atoms with Crippen LogP contribution in [-0.4, -0.2) is 20.1 Å². The van der Waals surface area contributed by atoms with E-state index in [4.69, 9.17) is 4.52 Å². The standard InChI is InChI=1S/C16H14N2O3S2/c1-11-16(10-15(22-11)14-6-8-17-21-14)23(19,20)18-9-7-12-4-2-3-5-13(12)18/h2-6,8,10H,7,9H2,1H3. The van der Waals surface area contributed by atoms with Crippen molar-refractivity contribution >= 4 is 27.0 Å². The van der Waals surface area contributed by atoms with Crippen molar-refractivity contribution in [1.29, 1.82) is 0 Å². The number of rotatable bonds is 3. The number of hydrogen-bond donors (Lipinski definition) is 0. The zero-order valence-electron chi connectivity index (χ0n) is 12.4. The fourth-order valence-electron chi connectivity index (χ4n) is 2.86. The van der Waals surface area contributed by atoms with E-state index in [2.05, 4.69) is 5.16 Å². The number of hydrogen-bond acceptors (Lipinski definition) is 5. The molecule has 0 atom stereocenters. The van der Waals surface area contributed by atoms with Gasteiger partial charge in [-0.3, -0.25) is 4.31 Å². The van der Waals surface area contributed by atoms with Gasteiger partial charge in [0.25, 0.3) is 10.0 Å². The highest BCUT2D eigenvalue weighted by Crippen LogP contribution is 2.38. The molecule has 0 spiro atoms. The second-order valence-corrected chi connectivity index (χ2v) is 8.45. The van der Waals surface area contributed by atoms with Crippen LogP contribution >= 0.6 is 11.3 Å². The Hall–Kier alpha value is -2.12. The van der Waals surface area contributed by atoms with Crippen molar-refractivity contribution in [1.82, 2.24) is 5.16 Å². The molecule has 0 aliphatic carbocycles. The highest BCUT2D eigenvalue weighted by molar-refractivity contribution is 7.93. The number of anilines is 1. The topological polar surface area (TPSA) is 63.4 Å². The van der Waals surface area contributed by atoms with E-state index in [0.29, 0.717) is 17.2 Å². The second-order valence-electron chi connectivity index (χ2n) is 5.36. The van der Waals surface area contributed by atoms with Gasteiger partial charge in [0.2, 0.25) is 0 Å². The van der Waals surface area contributed by atoms with Crippen molar-refractivity contribution < 1.29 is 12.9 Å². The number of thiophene rings is 1. The average Bonchev–Trinajstić information content (AvgIpc) is 3.26. The van der Waals surface area contributed by atoms with Gasteiger partial charge in [0.15, 0.2) is 5.76 Å². The van der Waals surface area contributed by atoms with Crippen LogP contribution in [0.5, 0.6) is 0 Å². The molecule has 7 heteroatoms. The lowest BCUT2D eigenvalue weighted by Crippen LogP contribution is -2.29. The molecule has 0 N–H and O–H groups in total. The Morgan fingerprint density at radius 1 is 1.26 bits per heavy atom. The molecule has 0 radical (unpaired) electrons. The third-order valence-corrected chi connectivity index (χ3v) is 7.10. The van der Waals surface area contributed by atoms with Gasteiger partial charge in [-0.15, -0.1) is 11.3 Å². The normalized spacial score (nSPS) is 14.2. The molecule has 0 saturated heterocycles. The predicted molar refractivity (Wildman–Crippen MR) is 89.2 cm³/mol. The first-order valence-corrected chi connectivity index (χ1v) is 9.45. The third kappa shape index (κ3) is 2.27. The molecule has 0 fully saturated rings. The summed E-state index contributed by atoms with van der Waals surface area (Å²) in [4.78, 5) is 1.86. The Bertz CT molecular complexity index is 959. The molecule has 2 aromatic heterocycles. The molecule has 1 aliphatic heterocycles. The van der Waals surface area contributed by atoms with Gasteiger partial charge >= 0.3 is 0 Å². The van der Waals surface area contributed by atoms with E-state index < -0.39 is 10.0 Å². The highest BCUT2D eigenvalue weighted by Gasteiger charge is 2.33. The van der Waals surface area contributed by atoms with Gasteiger partial charge in [0, 0.05) is 17.5 Å². The fourth-order valence-corrected chi connectivity index (χ4v) is 5.89. The first-order chi connectivity index (χ1) is 11.1. The molecule has 5 nitrogen and oxygen atoms in total. The van der Waals surface area contributed by atoms with Crippen molar-refractivity contribution in [3.8, 4) is 10.6 Å². The number of aryl methyl sites for hydroxylation is 1. The Labute approximate surface area is 138 Å². The smallest absolute Gasteiger partial charge is 0.265 e. The van der Waals surface area contributed by atoms with E-state index in [9.17, 15) is 8.42 Å². The van der Waals surface area contributed by atoms with E-state index >= 15 is 0 Å². The molecule has 3 heterocycles. The Morgan fingerprint density at radius 3 is 2.87 bits per heavy atom. The lowest BCUT2D eigenvalue weighted by atomic mass is 10.2. The highest BCUT2D eigenvalue weighted by atomic mass is 32.2. The Morgan fingerprint density at radius 2 is 2.09 bits per heavy atom. The number of fused-ring (bicyclic) bond motifs is 1. The Kier molecular flexibility index (Phi) is 3.28. The number of aromatic nitrogens is 1. The van der Waals surface area contributed by atoms with E-state index in [-0.39, 0.29) is 0 Å². The van der Waals surface area contributed by atoms with Crippen LogP contribution in [0, 0.1) is 6.92 Å². The van der Waals surface area contributed by atoms with Gasteiger partial charge in [0.1, 0.15) is 4.90 Å². The van der Waals surface area contributed by atoms with Gasteiger partial charge in [-0.2, -0.15) is 0 Å². The van der Waals surface area contributed by atoms with E-state index in [1.165, 1.54) is 15.6 Å². The average molecular weight is 346 g/mol. The molecule has 0 bridgehead atoms. The minimum absolute atomic E-state index is 0.339. The van der Waals surface area contributed by atoms with Crippen LogP contribution in [0.3, 0.4) is 0 Å². The Balaban J connectivity index is 1.79. The monoisotopic (exact) mass is 346 g/mol.